The molecule has 0 spiro atoms. The maximum atomic E-state index is 8.21. The van der Waals surface area contributed by atoms with Crippen LogP contribution in [0.4, 0.5) is 0 Å². The van der Waals surface area contributed by atoms with Crippen molar-refractivity contribution in [2.75, 3.05) is 0 Å². The van der Waals surface area contributed by atoms with Gasteiger partial charge in [0.1, 0.15) is 0 Å². The normalized spacial score (nSPS) is 14.6. The molecule has 0 fully saturated rings. The molecule has 1 unspecified atom stereocenters. The van der Waals surface area contributed by atoms with Crippen LogP contribution in [0.2, 0.25) is 0 Å². The van der Waals surface area contributed by atoms with Crippen LogP contribution in [0.5, 0.6) is 0 Å². The summed E-state index contributed by atoms with van der Waals surface area (Å²) in [6.45, 7) is -6.72. The number of nitrogens with zero attached hydrogens (tertiary/aromatic N) is 3. The first kappa shape index (κ1) is 23.3. The van der Waals surface area contributed by atoms with Crippen LogP contribution in [0.1, 0.15) is 37.5 Å². The van der Waals surface area contributed by atoms with Gasteiger partial charge in [-0.1, -0.05) is 67.5 Å². The third kappa shape index (κ3) is 10.2. The molecule has 4 aromatic carbocycles. The van der Waals surface area contributed by atoms with E-state index in [9.17, 15) is 0 Å². The van der Waals surface area contributed by atoms with Gasteiger partial charge in [-0.25, -0.2) is 0 Å². The smallest absolute Gasteiger partial charge is 0.304 e. The third-order valence-corrected chi connectivity index (χ3v) is 6.63. The summed E-state index contributed by atoms with van der Waals surface area (Å²) < 4.78 is 74.9. The van der Waals surface area contributed by atoms with E-state index in [0.29, 0.717) is 28.2 Å². The van der Waals surface area contributed by atoms with Crippen molar-refractivity contribution < 1.29 is 33.8 Å². The molecule has 3 nitrogen and oxygen atoms in total. The quantitative estimate of drug-likeness (QED) is 0.163. The second-order valence-electron chi connectivity index (χ2n) is 9.81. The first-order chi connectivity index (χ1) is 26.6. The molecular formula is C43H36IrN3. The fraction of sp³-hybridized carbons (Fsp3) is 0.0930. The fourth-order valence-corrected chi connectivity index (χ4v) is 4.42. The molecule has 0 saturated carbocycles. The van der Waals surface area contributed by atoms with Crippen molar-refractivity contribution in [1.29, 1.82) is 0 Å². The number of benzene rings is 4. The molecule has 0 radical (unpaired) electrons. The molecule has 1 atom stereocenters. The summed E-state index contributed by atoms with van der Waals surface area (Å²) in [5.41, 5.74) is 6.46. The van der Waals surface area contributed by atoms with Crippen LogP contribution in [0.15, 0.2) is 152 Å². The first-order valence-electron chi connectivity index (χ1n) is 19.5. The van der Waals surface area contributed by atoms with Gasteiger partial charge in [-0.2, -0.15) is 0 Å². The molecule has 0 aliphatic heterocycles. The average Bonchev–Trinajstić information content (AvgIpc) is 3.21. The summed E-state index contributed by atoms with van der Waals surface area (Å²) in [5.74, 6) is 0. The minimum Gasteiger partial charge on any atom is -0.304 e. The van der Waals surface area contributed by atoms with Crippen molar-refractivity contribution in [2.45, 2.75) is 27.0 Å². The Hall–Kier alpha value is -5.02. The SMILES string of the molecule is [2H]C([2H])([2H])c1cccc(-c2[c-]cccc2)n1.[2H]C([2H])([2H])c1cccc(-c2[c-]cccc2)n1.[2H]C(c1cc(-c2[c-]cccc2)ncc1-c1ccccc1)C([2H])([2H])[2H].[Ir+3]. The van der Waals surface area contributed by atoms with Gasteiger partial charge in [0.15, 0.2) is 0 Å². The summed E-state index contributed by atoms with van der Waals surface area (Å²) >= 11 is 0. The Morgan fingerprint density at radius 2 is 1.09 bits per heavy atom. The van der Waals surface area contributed by atoms with E-state index in [2.05, 4.69) is 33.2 Å². The van der Waals surface area contributed by atoms with Crippen LogP contribution in [0.25, 0.3) is 44.9 Å². The first-order valence-corrected chi connectivity index (χ1v) is 14.5. The predicted molar refractivity (Wildman–Crippen MR) is 190 cm³/mol. The number of hydrogen-bond donors (Lipinski definition) is 0. The molecular weight excluding hydrogens is 751 g/mol. The van der Waals surface area contributed by atoms with E-state index in [1.54, 1.807) is 54.7 Å². The van der Waals surface area contributed by atoms with E-state index in [4.69, 9.17) is 13.7 Å². The van der Waals surface area contributed by atoms with Crippen molar-refractivity contribution >= 4 is 0 Å². The molecule has 0 amide bonds. The molecule has 232 valence electrons. The average molecular weight is 797 g/mol. The van der Waals surface area contributed by atoms with Crippen LogP contribution in [-0.4, -0.2) is 15.0 Å². The Morgan fingerprint density at radius 1 is 0.574 bits per heavy atom. The molecule has 7 aromatic rings. The van der Waals surface area contributed by atoms with E-state index < -0.39 is 27.0 Å². The van der Waals surface area contributed by atoms with Gasteiger partial charge in [0.2, 0.25) is 0 Å². The third-order valence-electron chi connectivity index (χ3n) is 6.63. The Balaban J connectivity index is 0.000000194. The molecule has 4 heteroatoms. The number of rotatable bonds is 5. The zero-order valence-corrected chi connectivity index (χ0v) is 27.6. The summed E-state index contributed by atoms with van der Waals surface area (Å²) in [6.07, 6.45) is 0.312. The van der Waals surface area contributed by atoms with Crippen molar-refractivity contribution in [3.8, 4) is 44.9 Å². The Kier molecular flexibility index (Phi) is 9.03. The van der Waals surface area contributed by atoms with Gasteiger partial charge >= 0.3 is 20.1 Å². The van der Waals surface area contributed by atoms with Crippen LogP contribution in [-0.2, 0) is 26.5 Å². The number of pyridine rings is 3. The van der Waals surface area contributed by atoms with E-state index in [1.165, 1.54) is 12.1 Å². The summed E-state index contributed by atoms with van der Waals surface area (Å²) in [7, 11) is 0. The van der Waals surface area contributed by atoms with Crippen LogP contribution in [0, 0.1) is 31.9 Å². The molecule has 7 rings (SSSR count). The van der Waals surface area contributed by atoms with Gasteiger partial charge in [-0.05, 0) is 60.4 Å². The van der Waals surface area contributed by atoms with Crippen molar-refractivity contribution in [3.63, 3.8) is 0 Å². The van der Waals surface area contributed by atoms with E-state index in [0.717, 1.165) is 22.3 Å². The van der Waals surface area contributed by atoms with Crippen molar-refractivity contribution in [2.24, 2.45) is 0 Å². The van der Waals surface area contributed by atoms with Gasteiger partial charge in [0.25, 0.3) is 0 Å². The topological polar surface area (TPSA) is 38.7 Å². The summed E-state index contributed by atoms with van der Waals surface area (Å²) in [5, 5.41) is 0. The maximum absolute atomic E-state index is 8.21. The monoisotopic (exact) mass is 797 g/mol. The second-order valence-corrected chi connectivity index (χ2v) is 9.81. The number of hydrogen-bond acceptors (Lipinski definition) is 3. The molecule has 47 heavy (non-hydrogen) atoms. The van der Waals surface area contributed by atoms with Crippen molar-refractivity contribution in [1.82, 2.24) is 15.0 Å². The van der Waals surface area contributed by atoms with Crippen LogP contribution in [0.3, 0.4) is 0 Å². The number of aryl methyl sites for hydroxylation is 3. The largest absolute Gasteiger partial charge is 3.00 e. The molecule has 0 aliphatic carbocycles. The molecule has 0 bridgehead atoms. The predicted octanol–water partition coefficient (Wildman–Crippen LogP) is 10.5. The van der Waals surface area contributed by atoms with E-state index in [-0.39, 0.29) is 31.5 Å². The van der Waals surface area contributed by atoms with Gasteiger partial charge in [0.05, 0.1) is 0 Å². The number of aromatic nitrogens is 3. The van der Waals surface area contributed by atoms with E-state index >= 15 is 0 Å². The zero-order chi connectivity index (χ0) is 40.3. The Labute approximate surface area is 306 Å². The molecule has 0 N–H and O–H groups in total. The van der Waals surface area contributed by atoms with Gasteiger partial charge < -0.3 is 15.0 Å². The standard InChI is InChI=1S/C19H16N.2C12H10N.Ir/c1-2-15-13-19(17-11-7-4-8-12-17)20-14-18(15)16-9-5-3-6-10-16;2*1-10-6-5-9-12(13-10)11-7-3-2-4-8-11;/h3-11,13-14H,2H2,1H3;2*2-7,9H,1H3;/q3*-1;+3/i1D3,2D;2*1D3;. The van der Waals surface area contributed by atoms with Crippen molar-refractivity contribution in [3.05, 3.63) is 187 Å². The van der Waals surface area contributed by atoms with Gasteiger partial charge in [0, 0.05) is 36.9 Å². The molecule has 0 saturated heterocycles. The van der Waals surface area contributed by atoms with E-state index in [1.807, 2.05) is 84.9 Å². The zero-order valence-electron chi connectivity index (χ0n) is 35.2. The Bertz CT molecular complexity index is 2190. The molecule has 3 heterocycles. The van der Waals surface area contributed by atoms with Gasteiger partial charge in [-0.15, -0.1) is 108 Å². The molecule has 0 aliphatic rings. The second kappa shape index (κ2) is 18.2. The summed E-state index contributed by atoms with van der Waals surface area (Å²) in [6, 6.07) is 52.3. The fourth-order valence-electron chi connectivity index (χ4n) is 4.42. The Morgan fingerprint density at radius 3 is 1.55 bits per heavy atom. The van der Waals surface area contributed by atoms with Crippen LogP contribution >= 0.6 is 0 Å². The minimum atomic E-state index is -2.40. The minimum absolute atomic E-state index is 0. The maximum Gasteiger partial charge on any atom is 3.00 e. The van der Waals surface area contributed by atoms with Crippen LogP contribution < -0.4 is 0 Å². The molecule has 3 aromatic heterocycles. The van der Waals surface area contributed by atoms with Gasteiger partial charge in [-0.3, -0.25) is 0 Å². The summed E-state index contributed by atoms with van der Waals surface area (Å²) in [4.78, 5) is 12.7.